The Labute approximate surface area is 111 Å². The lowest BCUT2D eigenvalue weighted by Gasteiger charge is -2.07. The molecule has 94 valence electrons. The standard InChI is InChI=1S/C16H14N2O/c1-11-6-2-4-8-14(11)17-16-13(10-19)12-7-3-5-9-15(12)18-16/h2-10,17-18H,1H3. The number of rotatable bonds is 3. The third-order valence-electron chi connectivity index (χ3n) is 3.27. The van der Waals surface area contributed by atoms with Gasteiger partial charge in [0.05, 0.1) is 5.56 Å². The summed E-state index contributed by atoms with van der Waals surface area (Å²) in [5, 5.41) is 4.23. The first-order valence-electron chi connectivity index (χ1n) is 6.18. The molecule has 0 unspecified atom stereocenters. The summed E-state index contributed by atoms with van der Waals surface area (Å²) in [6.07, 6.45) is 0.888. The first kappa shape index (κ1) is 11.5. The highest BCUT2D eigenvalue weighted by Crippen LogP contribution is 2.28. The second-order valence-electron chi connectivity index (χ2n) is 4.52. The van der Waals surface area contributed by atoms with Crippen molar-refractivity contribution < 1.29 is 4.79 Å². The average Bonchev–Trinajstić information content (AvgIpc) is 2.78. The molecule has 0 saturated carbocycles. The van der Waals surface area contributed by atoms with Crippen molar-refractivity contribution in [1.29, 1.82) is 0 Å². The first-order valence-corrected chi connectivity index (χ1v) is 6.18. The fourth-order valence-electron chi connectivity index (χ4n) is 2.23. The molecule has 0 spiro atoms. The highest BCUT2D eigenvalue weighted by Gasteiger charge is 2.10. The van der Waals surface area contributed by atoms with Crippen LogP contribution in [0.3, 0.4) is 0 Å². The van der Waals surface area contributed by atoms with Gasteiger partial charge in [0.25, 0.3) is 0 Å². The van der Waals surface area contributed by atoms with Crippen LogP contribution in [0.15, 0.2) is 48.5 Å². The number of carbonyl (C=O) groups is 1. The molecule has 0 fully saturated rings. The smallest absolute Gasteiger partial charge is 0.154 e. The van der Waals surface area contributed by atoms with E-state index in [0.29, 0.717) is 5.56 Å². The van der Waals surface area contributed by atoms with Gasteiger partial charge in [0.2, 0.25) is 0 Å². The zero-order valence-electron chi connectivity index (χ0n) is 10.6. The maximum Gasteiger partial charge on any atom is 0.154 e. The Hall–Kier alpha value is -2.55. The summed E-state index contributed by atoms with van der Waals surface area (Å²) >= 11 is 0. The SMILES string of the molecule is Cc1ccccc1Nc1[nH]c2ccccc2c1C=O. The normalized spacial score (nSPS) is 10.6. The number of fused-ring (bicyclic) bond motifs is 1. The van der Waals surface area contributed by atoms with E-state index in [9.17, 15) is 4.79 Å². The van der Waals surface area contributed by atoms with Gasteiger partial charge in [0, 0.05) is 16.6 Å². The van der Waals surface area contributed by atoms with Gasteiger partial charge < -0.3 is 10.3 Å². The third-order valence-corrected chi connectivity index (χ3v) is 3.27. The largest absolute Gasteiger partial charge is 0.341 e. The van der Waals surface area contributed by atoms with Crippen LogP contribution in [-0.4, -0.2) is 11.3 Å². The zero-order chi connectivity index (χ0) is 13.2. The van der Waals surface area contributed by atoms with Crippen LogP contribution in [0, 0.1) is 6.92 Å². The van der Waals surface area contributed by atoms with Crippen LogP contribution in [0.1, 0.15) is 15.9 Å². The molecule has 3 aromatic rings. The predicted octanol–water partition coefficient (Wildman–Crippen LogP) is 4.03. The lowest BCUT2D eigenvalue weighted by atomic mass is 10.1. The van der Waals surface area contributed by atoms with E-state index in [1.807, 2.05) is 55.5 Å². The number of anilines is 2. The van der Waals surface area contributed by atoms with Crippen molar-refractivity contribution in [2.75, 3.05) is 5.32 Å². The third kappa shape index (κ3) is 1.99. The molecule has 2 N–H and O–H groups in total. The van der Waals surface area contributed by atoms with E-state index in [0.717, 1.165) is 34.3 Å². The Morgan fingerprint density at radius 3 is 2.58 bits per heavy atom. The Bertz CT molecular complexity index is 743. The quantitative estimate of drug-likeness (QED) is 0.689. The molecule has 3 nitrogen and oxygen atoms in total. The van der Waals surface area contributed by atoms with Gasteiger partial charge in [-0.2, -0.15) is 0 Å². The van der Waals surface area contributed by atoms with Crippen LogP contribution < -0.4 is 5.32 Å². The van der Waals surface area contributed by atoms with Crippen LogP contribution in [0.25, 0.3) is 10.9 Å². The Morgan fingerprint density at radius 1 is 1.05 bits per heavy atom. The topological polar surface area (TPSA) is 44.9 Å². The van der Waals surface area contributed by atoms with Crippen molar-refractivity contribution in [2.24, 2.45) is 0 Å². The van der Waals surface area contributed by atoms with Crippen molar-refractivity contribution in [1.82, 2.24) is 4.98 Å². The van der Waals surface area contributed by atoms with Crippen molar-refractivity contribution in [3.8, 4) is 0 Å². The second kappa shape index (κ2) is 4.61. The average molecular weight is 250 g/mol. The van der Waals surface area contributed by atoms with Gasteiger partial charge in [0.15, 0.2) is 6.29 Å². The van der Waals surface area contributed by atoms with Gasteiger partial charge in [-0.1, -0.05) is 36.4 Å². The number of para-hydroxylation sites is 2. The fraction of sp³-hybridized carbons (Fsp3) is 0.0625. The lowest BCUT2D eigenvalue weighted by molar-refractivity contribution is 0.112. The molecular weight excluding hydrogens is 236 g/mol. The number of carbonyl (C=O) groups excluding carboxylic acids is 1. The maximum absolute atomic E-state index is 11.3. The van der Waals surface area contributed by atoms with E-state index >= 15 is 0 Å². The molecular formula is C16H14N2O. The van der Waals surface area contributed by atoms with Crippen LogP contribution >= 0.6 is 0 Å². The maximum atomic E-state index is 11.3. The van der Waals surface area contributed by atoms with Crippen molar-refractivity contribution in [3.05, 3.63) is 59.7 Å². The number of benzene rings is 2. The minimum Gasteiger partial charge on any atom is -0.341 e. The molecule has 1 heterocycles. The Morgan fingerprint density at radius 2 is 1.79 bits per heavy atom. The van der Waals surface area contributed by atoms with E-state index in [1.165, 1.54) is 0 Å². The molecule has 0 atom stereocenters. The molecule has 1 aromatic heterocycles. The number of H-pyrrole nitrogens is 1. The van der Waals surface area contributed by atoms with Crippen LogP contribution in [0.2, 0.25) is 0 Å². The summed E-state index contributed by atoms with van der Waals surface area (Å²) in [6.45, 7) is 2.03. The zero-order valence-corrected chi connectivity index (χ0v) is 10.6. The lowest BCUT2D eigenvalue weighted by Crippen LogP contribution is -1.95. The van der Waals surface area contributed by atoms with Crippen molar-refractivity contribution in [3.63, 3.8) is 0 Å². The molecule has 0 aliphatic heterocycles. The van der Waals surface area contributed by atoms with E-state index in [1.54, 1.807) is 0 Å². The number of aromatic amines is 1. The molecule has 3 rings (SSSR count). The number of hydrogen-bond acceptors (Lipinski definition) is 2. The van der Waals surface area contributed by atoms with E-state index in [4.69, 9.17) is 0 Å². The Balaban J connectivity index is 2.10. The van der Waals surface area contributed by atoms with E-state index in [-0.39, 0.29) is 0 Å². The molecule has 3 heteroatoms. The molecule has 0 bridgehead atoms. The van der Waals surface area contributed by atoms with Gasteiger partial charge in [-0.15, -0.1) is 0 Å². The van der Waals surface area contributed by atoms with Gasteiger partial charge in [-0.05, 0) is 24.6 Å². The van der Waals surface area contributed by atoms with Crippen molar-refractivity contribution >= 4 is 28.7 Å². The number of hydrogen-bond donors (Lipinski definition) is 2. The number of aldehydes is 1. The van der Waals surface area contributed by atoms with Gasteiger partial charge >= 0.3 is 0 Å². The monoisotopic (exact) mass is 250 g/mol. The predicted molar refractivity (Wildman–Crippen MR) is 78.1 cm³/mol. The van der Waals surface area contributed by atoms with Crippen molar-refractivity contribution in [2.45, 2.75) is 6.92 Å². The molecule has 0 radical (unpaired) electrons. The van der Waals surface area contributed by atoms with E-state index in [2.05, 4.69) is 10.3 Å². The van der Waals surface area contributed by atoms with Crippen LogP contribution in [0.5, 0.6) is 0 Å². The first-order chi connectivity index (χ1) is 9.29. The summed E-state index contributed by atoms with van der Waals surface area (Å²) in [5.41, 5.74) is 3.76. The van der Waals surface area contributed by atoms with Gasteiger partial charge in [0.1, 0.15) is 5.82 Å². The summed E-state index contributed by atoms with van der Waals surface area (Å²) in [7, 11) is 0. The summed E-state index contributed by atoms with van der Waals surface area (Å²) in [4.78, 5) is 14.6. The van der Waals surface area contributed by atoms with Gasteiger partial charge in [-0.3, -0.25) is 4.79 Å². The number of aryl methyl sites for hydroxylation is 1. The van der Waals surface area contributed by atoms with Crippen LogP contribution in [0.4, 0.5) is 11.5 Å². The number of aromatic nitrogens is 1. The van der Waals surface area contributed by atoms with Gasteiger partial charge in [-0.25, -0.2) is 0 Å². The molecule has 2 aromatic carbocycles. The molecule has 0 amide bonds. The molecule has 0 aliphatic rings. The minimum atomic E-state index is 0.666. The minimum absolute atomic E-state index is 0.666. The fourth-order valence-corrected chi connectivity index (χ4v) is 2.23. The number of nitrogens with one attached hydrogen (secondary N) is 2. The molecule has 0 aliphatic carbocycles. The highest BCUT2D eigenvalue weighted by molar-refractivity contribution is 6.03. The summed E-state index contributed by atoms with van der Waals surface area (Å²) in [6, 6.07) is 15.8. The van der Waals surface area contributed by atoms with Crippen LogP contribution in [-0.2, 0) is 0 Å². The molecule has 0 saturated heterocycles. The van der Waals surface area contributed by atoms with E-state index < -0.39 is 0 Å². The summed E-state index contributed by atoms with van der Waals surface area (Å²) in [5.74, 6) is 0.741. The molecule has 19 heavy (non-hydrogen) atoms. The highest BCUT2D eigenvalue weighted by atomic mass is 16.1. The summed E-state index contributed by atoms with van der Waals surface area (Å²) < 4.78 is 0. The second-order valence-corrected chi connectivity index (χ2v) is 4.52. The Kier molecular flexibility index (Phi) is 2.80.